The third-order valence-corrected chi connectivity index (χ3v) is 6.74. The van der Waals surface area contributed by atoms with Crippen molar-refractivity contribution in [3.8, 4) is 0 Å². The molecule has 10 heteroatoms. The number of rotatable bonds is 4. The highest BCUT2D eigenvalue weighted by Gasteiger charge is 2.40. The number of hydrogen-bond donors (Lipinski definition) is 1. The SMILES string of the molecule is Cc1nonc1NC(=O)[C@H]1CCCN1S(=O)(=O)c1cccs1. The van der Waals surface area contributed by atoms with Crippen LogP contribution in [-0.4, -0.2) is 41.5 Å². The van der Waals surface area contributed by atoms with Crippen LogP contribution in [0.1, 0.15) is 18.5 Å². The first kappa shape index (κ1) is 15.1. The van der Waals surface area contributed by atoms with E-state index in [4.69, 9.17) is 0 Å². The molecule has 3 rings (SSSR count). The molecule has 118 valence electrons. The molecule has 0 saturated carbocycles. The monoisotopic (exact) mass is 342 g/mol. The number of aromatic nitrogens is 2. The molecular formula is C12H14N4O4S2. The Balaban J connectivity index is 1.81. The number of sulfonamides is 1. The number of thiophene rings is 1. The van der Waals surface area contributed by atoms with Crippen LogP contribution in [0.5, 0.6) is 0 Å². The molecule has 1 saturated heterocycles. The first-order chi connectivity index (χ1) is 10.5. The predicted octanol–water partition coefficient (Wildman–Crippen LogP) is 1.23. The van der Waals surface area contributed by atoms with E-state index in [1.165, 1.54) is 4.31 Å². The Morgan fingerprint density at radius 2 is 2.32 bits per heavy atom. The minimum absolute atomic E-state index is 0.213. The lowest BCUT2D eigenvalue weighted by Gasteiger charge is -2.22. The van der Waals surface area contributed by atoms with Crippen molar-refractivity contribution in [2.24, 2.45) is 0 Å². The lowest BCUT2D eigenvalue weighted by atomic mass is 10.2. The highest BCUT2D eigenvalue weighted by atomic mass is 32.2. The fourth-order valence-electron chi connectivity index (χ4n) is 2.36. The molecule has 1 amide bonds. The summed E-state index contributed by atoms with van der Waals surface area (Å²) in [5.74, 6) is -0.207. The van der Waals surface area contributed by atoms with Gasteiger partial charge in [0.15, 0.2) is 5.82 Å². The summed E-state index contributed by atoms with van der Waals surface area (Å²) in [6, 6.07) is 2.47. The third kappa shape index (κ3) is 2.64. The molecular weight excluding hydrogens is 328 g/mol. The van der Waals surface area contributed by atoms with Crippen LogP contribution in [0.2, 0.25) is 0 Å². The highest BCUT2D eigenvalue weighted by molar-refractivity contribution is 7.91. The zero-order valence-electron chi connectivity index (χ0n) is 11.7. The second kappa shape index (κ2) is 5.78. The lowest BCUT2D eigenvalue weighted by Crippen LogP contribution is -2.43. The summed E-state index contributed by atoms with van der Waals surface area (Å²) in [4.78, 5) is 12.4. The number of anilines is 1. The molecule has 2 aromatic rings. The van der Waals surface area contributed by atoms with Gasteiger partial charge in [0.2, 0.25) is 5.91 Å². The number of carbonyl (C=O) groups is 1. The van der Waals surface area contributed by atoms with E-state index in [1.54, 1.807) is 24.4 Å². The summed E-state index contributed by atoms with van der Waals surface area (Å²) >= 11 is 1.14. The Hall–Kier alpha value is -1.78. The van der Waals surface area contributed by atoms with Gasteiger partial charge in [-0.2, -0.15) is 4.31 Å². The van der Waals surface area contributed by atoms with Crippen LogP contribution >= 0.6 is 11.3 Å². The molecule has 1 atom stereocenters. The molecule has 1 N–H and O–H groups in total. The molecule has 0 spiro atoms. The summed E-state index contributed by atoms with van der Waals surface area (Å²) in [7, 11) is -3.65. The van der Waals surface area contributed by atoms with E-state index < -0.39 is 22.0 Å². The Bertz CT molecular complexity index is 769. The average Bonchev–Trinajstić information content (AvgIpc) is 3.20. The molecule has 8 nitrogen and oxygen atoms in total. The van der Waals surface area contributed by atoms with Crippen molar-refractivity contribution in [2.45, 2.75) is 30.0 Å². The second-order valence-electron chi connectivity index (χ2n) is 4.89. The molecule has 0 radical (unpaired) electrons. The van der Waals surface area contributed by atoms with Crippen LogP contribution in [0.25, 0.3) is 0 Å². The van der Waals surface area contributed by atoms with Crippen molar-refractivity contribution >= 4 is 33.1 Å². The molecule has 1 aliphatic heterocycles. The number of aryl methyl sites for hydroxylation is 1. The molecule has 0 bridgehead atoms. The van der Waals surface area contributed by atoms with Gasteiger partial charge in [0.05, 0.1) is 0 Å². The van der Waals surface area contributed by atoms with Gasteiger partial charge in [0.1, 0.15) is 15.9 Å². The fourth-order valence-corrected chi connectivity index (χ4v) is 5.14. The molecule has 22 heavy (non-hydrogen) atoms. The molecule has 3 heterocycles. The Morgan fingerprint density at radius 1 is 1.50 bits per heavy atom. The van der Waals surface area contributed by atoms with Crippen molar-refractivity contribution in [1.29, 1.82) is 0 Å². The van der Waals surface area contributed by atoms with E-state index in [0.29, 0.717) is 25.1 Å². The second-order valence-corrected chi connectivity index (χ2v) is 7.96. The van der Waals surface area contributed by atoms with Crippen molar-refractivity contribution in [3.63, 3.8) is 0 Å². The summed E-state index contributed by atoms with van der Waals surface area (Å²) in [6.07, 6.45) is 1.11. The first-order valence-corrected chi connectivity index (χ1v) is 8.97. The summed E-state index contributed by atoms with van der Waals surface area (Å²) in [6.45, 7) is 1.97. The highest BCUT2D eigenvalue weighted by Crippen LogP contribution is 2.29. The third-order valence-electron chi connectivity index (χ3n) is 3.46. The van der Waals surface area contributed by atoms with Gasteiger partial charge in [-0.05, 0) is 36.4 Å². The van der Waals surface area contributed by atoms with Gasteiger partial charge in [-0.15, -0.1) is 11.3 Å². The zero-order chi connectivity index (χ0) is 15.7. The maximum Gasteiger partial charge on any atom is 0.253 e. The van der Waals surface area contributed by atoms with Crippen molar-refractivity contribution in [3.05, 3.63) is 23.2 Å². The normalized spacial score (nSPS) is 19.4. The molecule has 1 fully saturated rings. The number of carbonyl (C=O) groups excluding carboxylic acids is 1. The summed E-state index contributed by atoms with van der Waals surface area (Å²) < 4.78 is 31.2. The summed E-state index contributed by atoms with van der Waals surface area (Å²) in [5, 5.41) is 11.4. The average molecular weight is 342 g/mol. The van der Waals surface area contributed by atoms with E-state index in [-0.39, 0.29) is 10.0 Å². The number of nitrogens with zero attached hydrogens (tertiary/aromatic N) is 3. The predicted molar refractivity (Wildman–Crippen MR) is 78.9 cm³/mol. The quantitative estimate of drug-likeness (QED) is 0.896. The van der Waals surface area contributed by atoms with Crippen molar-refractivity contribution < 1.29 is 17.8 Å². The van der Waals surface area contributed by atoms with Crippen molar-refractivity contribution in [2.75, 3.05) is 11.9 Å². The van der Waals surface area contributed by atoms with Gasteiger partial charge in [-0.25, -0.2) is 13.0 Å². The largest absolute Gasteiger partial charge is 0.305 e. The molecule has 2 aromatic heterocycles. The summed E-state index contributed by atoms with van der Waals surface area (Å²) in [5.41, 5.74) is 0.444. The Labute approximate surface area is 131 Å². The van der Waals surface area contributed by atoms with Crippen LogP contribution in [0.15, 0.2) is 26.4 Å². The van der Waals surface area contributed by atoms with Gasteiger partial charge in [-0.1, -0.05) is 11.2 Å². The Morgan fingerprint density at radius 3 is 2.95 bits per heavy atom. The zero-order valence-corrected chi connectivity index (χ0v) is 13.4. The van der Waals surface area contributed by atoms with E-state index >= 15 is 0 Å². The van der Waals surface area contributed by atoms with E-state index in [9.17, 15) is 13.2 Å². The maximum atomic E-state index is 12.6. The standard InChI is InChI=1S/C12H14N4O4S2/c1-8-11(15-20-14-8)13-12(17)9-4-2-6-16(9)22(18,19)10-5-3-7-21-10/h3,5,7,9H,2,4,6H2,1H3,(H,13,15,17)/t9-/m1/s1. The number of hydrogen-bond acceptors (Lipinski definition) is 7. The number of amides is 1. The van der Waals surface area contributed by atoms with E-state index in [0.717, 1.165) is 11.3 Å². The Kier molecular flexibility index (Phi) is 3.98. The van der Waals surface area contributed by atoms with Gasteiger partial charge in [0, 0.05) is 6.54 Å². The van der Waals surface area contributed by atoms with Crippen LogP contribution in [0, 0.1) is 6.92 Å². The van der Waals surface area contributed by atoms with E-state index in [1.807, 2.05) is 0 Å². The van der Waals surface area contributed by atoms with Gasteiger partial charge in [-0.3, -0.25) is 4.79 Å². The van der Waals surface area contributed by atoms with Gasteiger partial charge in [0.25, 0.3) is 10.0 Å². The number of nitrogens with one attached hydrogen (secondary N) is 1. The fraction of sp³-hybridized carbons (Fsp3) is 0.417. The van der Waals surface area contributed by atoms with Gasteiger partial charge >= 0.3 is 0 Å². The minimum atomic E-state index is -3.65. The van der Waals surface area contributed by atoms with Crippen LogP contribution in [0.3, 0.4) is 0 Å². The molecule has 0 unspecified atom stereocenters. The molecule has 0 aliphatic carbocycles. The first-order valence-electron chi connectivity index (χ1n) is 6.65. The smallest absolute Gasteiger partial charge is 0.253 e. The van der Waals surface area contributed by atoms with Crippen LogP contribution in [-0.2, 0) is 14.8 Å². The van der Waals surface area contributed by atoms with Gasteiger partial charge < -0.3 is 5.32 Å². The molecule has 0 aromatic carbocycles. The maximum absolute atomic E-state index is 12.6. The van der Waals surface area contributed by atoms with E-state index in [2.05, 4.69) is 20.3 Å². The van der Waals surface area contributed by atoms with Crippen molar-refractivity contribution in [1.82, 2.24) is 14.6 Å². The molecule has 1 aliphatic rings. The van der Waals surface area contributed by atoms with Crippen LogP contribution < -0.4 is 5.32 Å². The van der Waals surface area contributed by atoms with Crippen LogP contribution in [0.4, 0.5) is 5.82 Å². The lowest BCUT2D eigenvalue weighted by molar-refractivity contribution is -0.119. The minimum Gasteiger partial charge on any atom is -0.305 e. The topological polar surface area (TPSA) is 105 Å².